The molecule has 1 N–H and O–H groups in total. The topological polar surface area (TPSA) is 49.4 Å². The maximum Gasteiger partial charge on any atom is 0.312 e. The SMILES string of the molecule is CCN(Cc1ccccc1)C(=O)C(=O)N[C@H](c1ccccc1)C(C)C. The molecule has 4 nitrogen and oxygen atoms in total. The van der Waals surface area contributed by atoms with Crippen LogP contribution in [-0.2, 0) is 16.1 Å². The van der Waals surface area contributed by atoms with Gasteiger partial charge in [-0.2, -0.15) is 0 Å². The van der Waals surface area contributed by atoms with Gasteiger partial charge in [0.1, 0.15) is 0 Å². The van der Waals surface area contributed by atoms with E-state index in [2.05, 4.69) is 5.32 Å². The number of likely N-dealkylation sites (N-methyl/N-ethyl adjacent to an activating group) is 1. The van der Waals surface area contributed by atoms with Gasteiger partial charge in [0.15, 0.2) is 0 Å². The van der Waals surface area contributed by atoms with Crippen LogP contribution in [0.25, 0.3) is 0 Å². The molecule has 1 atom stereocenters. The molecule has 2 amide bonds. The molecule has 0 aromatic heterocycles. The molecule has 0 heterocycles. The highest BCUT2D eigenvalue weighted by Crippen LogP contribution is 2.21. The first-order chi connectivity index (χ1) is 12.0. The molecule has 2 aromatic carbocycles. The Morgan fingerprint density at radius 3 is 2.04 bits per heavy atom. The average molecular weight is 338 g/mol. The van der Waals surface area contributed by atoms with Gasteiger partial charge in [-0.1, -0.05) is 74.5 Å². The van der Waals surface area contributed by atoms with Crippen LogP contribution in [0.3, 0.4) is 0 Å². The summed E-state index contributed by atoms with van der Waals surface area (Å²) in [6.07, 6.45) is 0. The van der Waals surface area contributed by atoms with Crippen molar-refractivity contribution in [2.24, 2.45) is 5.92 Å². The number of nitrogens with one attached hydrogen (secondary N) is 1. The first kappa shape index (κ1) is 18.7. The Bertz CT molecular complexity index is 684. The Morgan fingerprint density at radius 1 is 0.960 bits per heavy atom. The van der Waals surface area contributed by atoms with Gasteiger partial charge in [-0.3, -0.25) is 9.59 Å². The van der Waals surface area contributed by atoms with Crippen molar-refractivity contribution in [1.29, 1.82) is 0 Å². The van der Waals surface area contributed by atoms with Crippen LogP contribution in [0.4, 0.5) is 0 Å². The molecule has 0 unspecified atom stereocenters. The van der Waals surface area contributed by atoms with Gasteiger partial charge in [-0.25, -0.2) is 0 Å². The predicted molar refractivity (Wildman–Crippen MR) is 99.7 cm³/mol. The van der Waals surface area contributed by atoms with Gasteiger partial charge >= 0.3 is 11.8 Å². The lowest BCUT2D eigenvalue weighted by Crippen LogP contribution is -2.44. The summed E-state index contributed by atoms with van der Waals surface area (Å²) in [7, 11) is 0. The molecular weight excluding hydrogens is 312 g/mol. The van der Waals surface area contributed by atoms with Crippen molar-refractivity contribution in [3.05, 3.63) is 71.8 Å². The van der Waals surface area contributed by atoms with E-state index in [1.165, 1.54) is 0 Å². The van der Waals surface area contributed by atoms with Gasteiger partial charge in [0.2, 0.25) is 0 Å². The van der Waals surface area contributed by atoms with E-state index >= 15 is 0 Å². The molecule has 4 heteroatoms. The highest BCUT2D eigenvalue weighted by molar-refractivity contribution is 6.35. The number of rotatable bonds is 6. The predicted octanol–water partition coefficient (Wildman–Crippen LogP) is 3.55. The van der Waals surface area contributed by atoms with Crippen molar-refractivity contribution in [1.82, 2.24) is 10.2 Å². The van der Waals surface area contributed by atoms with Crippen LogP contribution in [-0.4, -0.2) is 23.3 Å². The normalized spacial score (nSPS) is 11.8. The molecule has 25 heavy (non-hydrogen) atoms. The summed E-state index contributed by atoms with van der Waals surface area (Å²) < 4.78 is 0. The quantitative estimate of drug-likeness (QED) is 0.819. The lowest BCUT2D eigenvalue weighted by molar-refractivity contribution is -0.146. The lowest BCUT2D eigenvalue weighted by atomic mass is 9.96. The van der Waals surface area contributed by atoms with Crippen molar-refractivity contribution in [3.63, 3.8) is 0 Å². The van der Waals surface area contributed by atoms with Gasteiger partial charge in [0.05, 0.1) is 6.04 Å². The van der Waals surface area contributed by atoms with Crippen molar-refractivity contribution in [3.8, 4) is 0 Å². The third-order valence-corrected chi connectivity index (χ3v) is 4.19. The molecule has 2 aromatic rings. The van der Waals surface area contributed by atoms with Crippen LogP contribution >= 0.6 is 0 Å². The van der Waals surface area contributed by atoms with Crippen molar-refractivity contribution < 1.29 is 9.59 Å². The van der Waals surface area contributed by atoms with Gasteiger partial charge in [0.25, 0.3) is 0 Å². The molecule has 0 aliphatic heterocycles. The van der Waals surface area contributed by atoms with Crippen molar-refractivity contribution in [2.75, 3.05) is 6.54 Å². The molecule has 0 fully saturated rings. The second-order valence-corrected chi connectivity index (χ2v) is 6.41. The number of carbonyl (C=O) groups is 2. The van der Waals surface area contributed by atoms with Crippen molar-refractivity contribution >= 4 is 11.8 Å². The summed E-state index contributed by atoms with van der Waals surface area (Å²) in [4.78, 5) is 26.7. The highest BCUT2D eigenvalue weighted by Gasteiger charge is 2.25. The summed E-state index contributed by atoms with van der Waals surface area (Å²) in [5.41, 5.74) is 2.01. The fraction of sp³-hybridized carbons (Fsp3) is 0.333. The van der Waals surface area contributed by atoms with E-state index in [1.54, 1.807) is 4.90 Å². The highest BCUT2D eigenvalue weighted by atomic mass is 16.2. The molecule has 0 radical (unpaired) electrons. The summed E-state index contributed by atoms with van der Waals surface area (Å²) in [6.45, 7) is 6.86. The summed E-state index contributed by atoms with van der Waals surface area (Å²) in [5.74, 6) is -0.864. The first-order valence-electron chi connectivity index (χ1n) is 8.71. The van der Waals surface area contributed by atoms with Crippen LogP contribution in [0.1, 0.15) is 37.9 Å². The van der Waals surface area contributed by atoms with Crippen LogP contribution in [0.2, 0.25) is 0 Å². The first-order valence-corrected chi connectivity index (χ1v) is 8.71. The van der Waals surface area contributed by atoms with E-state index in [1.807, 2.05) is 81.4 Å². The van der Waals surface area contributed by atoms with Gasteiger partial charge in [-0.05, 0) is 24.0 Å². The van der Waals surface area contributed by atoms with E-state index in [0.717, 1.165) is 11.1 Å². The molecule has 132 valence electrons. The van der Waals surface area contributed by atoms with E-state index in [9.17, 15) is 9.59 Å². The number of nitrogens with zero attached hydrogens (tertiary/aromatic N) is 1. The molecule has 0 spiro atoms. The second kappa shape index (κ2) is 9.02. The molecule has 2 rings (SSSR count). The fourth-order valence-corrected chi connectivity index (χ4v) is 2.77. The van der Waals surface area contributed by atoms with Gasteiger partial charge in [-0.15, -0.1) is 0 Å². The largest absolute Gasteiger partial charge is 0.341 e. The van der Waals surface area contributed by atoms with Gasteiger partial charge in [0, 0.05) is 13.1 Å². The third kappa shape index (κ3) is 5.18. The molecule has 0 saturated carbocycles. The zero-order valence-electron chi connectivity index (χ0n) is 15.1. The molecular formula is C21H26N2O2. The number of hydrogen-bond donors (Lipinski definition) is 1. The lowest BCUT2D eigenvalue weighted by Gasteiger charge is -2.25. The minimum atomic E-state index is -0.555. The summed E-state index contributed by atoms with van der Waals surface area (Å²) >= 11 is 0. The van der Waals surface area contributed by atoms with E-state index < -0.39 is 11.8 Å². The van der Waals surface area contributed by atoms with E-state index in [4.69, 9.17) is 0 Å². The zero-order valence-corrected chi connectivity index (χ0v) is 15.1. The zero-order chi connectivity index (χ0) is 18.2. The van der Waals surface area contributed by atoms with Crippen LogP contribution < -0.4 is 5.32 Å². The van der Waals surface area contributed by atoms with Crippen LogP contribution in [0.15, 0.2) is 60.7 Å². The Morgan fingerprint density at radius 2 is 1.52 bits per heavy atom. The Labute approximate surface area is 149 Å². The Kier molecular flexibility index (Phi) is 6.75. The number of carbonyl (C=O) groups excluding carboxylic acids is 2. The fourth-order valence-electron chi connectivity index (χ4n) is 2.77. The Hall–Kier alpha value is -2.62. The standard InChI is InChI=1S/C21H26N2O2/c1-4-23(15-17-11-7-5-8-12-17)21(25)20(24)22-19(16(2)3)18-13-9-6-10-14-18/h5-14,16,19H,4,15H2,1-3H3,(H,22,24)/t19-/m0/s1. The number of benzene rings is 2. The minimum Gasteiger partial charge on any atom is -0.341 e. The monoisotopic (exact) mass is 338 g/mol. The Balaban J connectivity index is 2.07. The number of amides is 2. The summed E-state index contributed by atoms with van der Waals surface area (Å²) in [6, 6.07) is 19.3. The van der Waals surface area contributed by atoms with Crippen LogP contribution in [0, 0.1) is 5.92 Å². The third-order valence-electron chi connectivity index (χ3n) is 4.19. The molecule has 0 saturated heterocycles. The molecule has 0 bridgehead atoms. The smallest absolute Gasteiger partial charge is 0.312 e. The second-order valence-electron chi connectivity index (χ2n) is 6.41. The van der Waals surface area contributed by atoms with Crippen molar-refractivity contribution in [2.45, 2.75) is 33.4 Å². The maximum atomic E-state index is 12.6. The minimum absolute atomic E-state index is 0.184. The van der Waals surface area contributed by atoms with E-state index in [-0.39, 0.29) is 12.0 Å². The maximum absolute atomic E-state index is 12.6. The van der Waals surface area contributed by atoms with Crippen LogP contribution in [0.5, 0.6) is 0 Å². The average Bonchev–Trinajstić information content (AvgIpc) is 2.64. The summed E-state index contributed by atoms with van der Waals surface area (Å²) in [5, 5.41) is 2.90. The molecule has 0 aliphatic carbocycles. The molecule has 0 aliphatic rings. The van der Waals surface area contributed by atoms with Gasteiger partial charge < -0.3 is 10.2 Å². The van der Waals surface area contributed by atoms with E-state index in [0.29, 0.717) is 13.1 Å². The number of hydrogen-bond acceptors (Lipinski definition) is 2.